The first-order chi connectivity index (χ1) is 9.91. The van der Waals surface area contributed by atoms with Crippen molar-refractivity contribution >= 4 is 33.8 Å². The summed E-state index contributed by atoms with van der Waals surface area (Å²) in [6, 6.07) is 6.26. The van der Waals surface area contributed by atoms with Crippen LogP contribution in [0.2, 0.25) is 0 Å². The number of hydrogen-bond acceptors (Lipinski definition) is 4. The van der Waals surface area contributed by atoms with Crippen molar-refractivity contribution in [2.75, 3.05) is 13.2 Å². The maximum Gasteiger partial charge on any atom is 0.334 e. The monoisotopic (exact) mass is 354 g/mol. The van der Waals surface area contributed by atoms with E-state index in [1.165, 1.54) is 0 Å². The average molecular weight is 355 g/mol. The van der Waals surface area contributed by atoms with Crippen LogP contribution >= 0.6 is 15.9 Å². The van der Waals surface area contributed by atoms with Crippen LogP contribution in [-0.2, 0) is 9.59 Å². The lowest BCUT2D eigenvalue weighted by Crippen LogP contribution is -2.39. The Hall–Kier alpha value is -1.89. The SMILES string of the molecule is CC(C)N1C(=O)C(=O)N(CCOc2ccc(Br)cc2)C1=O. The lowest BCUT2D eigenvalue weighted by atomic mass is 10.3. The molecule has 21 heavy (non-hydrogen) atoms. The van der Waals surface area contributed by atoms with Gasteiger partial charge >= 0.3 is 17.8 Å². The summed E-state index contributed by atoms with van der Waals surface area (Å²) in [6.45, 7) is 3.55. The van der Waals surface area contributed by atoms with Crippen molar-refractivity contribution in [3.8, 4) is 5.75 Å². The molecule has 0 spiro atoms. The number of carbonyl (C=O) groups excluding carboxylic acids is 3. The van der Waals surface area contributed by atoms with Gasteiger partial charge in [-0.3, -0.25) is 19.4 Å². The van der Waals surface area contributed by atoms with Crippen LogP contribution in [0.3, 0.4) is 0 Å². The Morgan fingerprint density at radius 3 is 2.24 bits per heavy atom. The van der Waals surface area contributed by atoms with Crippen molar-refractivity contribution in [3.05, 3.63) is 28.7 Å². The summed E-state index contributed by atoms with van der Waals surface area (Å²) in [5.74, 6) is -0.948. The Labute approximate surface area is 130 Å². The van der Waals surface area contributed by atoms with Crippen LogP contribution in [0.4, 0.5) is 4.79 Å². The minimum atomic E-state index is -0.798. The molecule has 0 radical (unpaired) electrons. The molecule has 1 aliphatic heterocycles. The van der Waals surface area contributed by atoms with Crippen molar-refractivity contribution in [2.45, 2.75) is 19.9 Å². The Bertz CT molecular complexity index is 571. The number of nitrogens with zero attached hydrogens (tertiary/aromatic N) is 2. The predicted octanol–water partition coefficient (Wildman–Crippen LogP) is 2.03. The van der Waals surface area contributed by atoms with Crippen LogP contribution in [0.15, 0.2) is 28.7 Å². The summed E-state index contributed by atoms with van der Waals surface area (Å²) in [4.78, 5) is 37.4. The highest BCUT2D eigenvalue weighted by Crippen LogP contribution is 2.17. The van der Waals surface area contributed by atoms with E-state index < -0.39 is 17.8 Å². The molecule has 0 N–H and O–H groups in total. The number of hydrogen-bond donors (Lipinski definition) is 0. The van der Waals surface area contributed by atoms with Crippen LogP contribution in [0.1, 0.15) is 13.8 Å². The van der Waals surface area contributed by atoms with Crippen LogP contribution in [0, 0.1) is 0 Å². The predicted molar refractivity (Wildman–Crippen MR) is 78.7 cm³/mol. The first-order valence-corrected chi connectivity index (χ1v) is 7.28. The van der Waals surface area contributed by atoms with E-state index in [1.807, 2.05) is 12.1 Å². The van der Waals surface area contributed by atoms with Gasteiger partial charge in [-0.15, -0.1) is 0 Å². The van der Waals surface area contributed by atoms with E-state index in [4.69, 9.17) is 4.74 Å². The third-order valence-corrected chi connectivity index (χ3v) is 3.53. The molecule has 0 saturated carbocycles. The van der Waals surface area contributed by atoms with Gasteiger partial charge in [0.1, 0.15) is 12.4 Å². The summed E-state index contributed by atoms with van der Waals surface area (Å²) in [5.41, 5.74) is 0. The number of benzene rings is 1. The van der Waals surface area contributed by atoms with Crippen LogP contribution in [-0.4, -0.2) is 46.8 Å². The number of imide groups is 2. The average Bonchev–Trinajstić information content (AvgIpc) is 2.64. The molecule has 0 atom stereocenters. The van der Waals surface area contributed by atoms with E-state index in [0.29, 0.717) is 5.75 Å². The van der Waals surface area contributed by atoms with Crippen molar-refractivity contribution < 1.29 is 19.1 Å². The van der Waals surface area contributed by atoms with Crippen molar-refractivity contribution in [2.24, 2.45) is 0 Å². The molecular formula is C14H15BrN2O4. The van der Waals surface area contributed by atoms with Crippen LogP contribution in [0.25, 0.3) is 0 Å². The zero-order valence-electron chi connectivity index (χ0n) is 11.7. The van der Waals surface area contributed by atoms with Gasteiger partial charge in [0.15, 0.2) is 0 Å². The third-order valence-electron chi connectivity index (χ3n) is 3.00. The van der Waals surface area contributed by atoms with Gasteiger partial charge in [0.25, 0.3) is 0 Å². The highest BCUT2D eigenvalue weighted by atomic mass is 79.9. The largest absolute Gasteiger partial charge is 0.492 e. The van der Waals surface area contributed by atoms with Crippen LogP contribution in [0.5, 0.6) is 5.75 Å². The molecule has 0 aromatic heterocycles. The van der Waals surface area contributed by atoms with Crippen molar-refractivity contribution in [1.82, 2.24) is 9.80 Å². The number of halogens is 1. The van der Waals surface area contributed by atoms with Gasteiger partial charge < -0.3 is 4.74 Å². The van der Waals surface area contributed by atoms with Gasteiger partial charge in [0.05, 0.1) is 6.54 Å². The summed E-state index contributed by atoms with van der Waals surface area (Å²) >= 11 is 3.31. The minimum Gasteiger partial charge on any atom is -0.492 e. The smallest absolute Gasteiger partial charge is 0.334 e. The normalized spacial score (nSPS) is 15.3. The number of carbonyl (C=O) groups is 3. The van der Waals surface area contributed by atoms with E-state index in [-0.39, 0.29) is 19.2 Å². The van der Waals surface area contributed by atoms with E-state index in [2.05, 4.69) is 15.9 Å². The number of ether oxygens (including phenoxy) is 1. The molecule has 2 rings (SSSR count). The molecule has 0 aliphatic carbocycles. The summed E-state index contributed by atoms with van der Waals surface area (Å²) in [7, 11) is 0. The molecule has 0 bridgehead atoms. The maximum atomic E-state index is 12.0. The Balaban J connectivity index is 1.94. The summed E-state index contributed by atoms with van der Waals surface area (Å²) in [6.07, 6.45) is 0. The van der Waals surface area contributed by atoms with Crippen LogP contribution < -0.4 is 4.74 Å². The molecular weight excluding hydrogens is 340 g/mol. The molecule has 7 heteroatoms. The topological polar surface area (TPSA) is 66.9 Å². The summed E-state index contributed by atoms with van der Waals surface area (Å²) < 4.78 is 6.38. The zero-order chi connectivity index (χ0) is 15.6. The first-order valence-electron chi connectivity index (χ1n) is 6.49. The lowest BCUT2D eigenvalue weighted by molar-refractivity contribution is -0.143. The molecule has 1 heterocycles. The van der Waals surface area contributed by atoms with Gasteiger partial charge in [-0.25, -0.2) is 4.79 Å². The molecule has 6 nitrogen and oxygen atoms in total. The van der Waals surface area contributed by atoms with Gasteiger partial charge in [-0.1, -0.05) is 15.9 Å². The van der Waals surface area contributed by atoms with E-state index in [1.54, 1.807) is 26.0 Å². The molecule has 1 aromatic carbocycles. The first kappa shape index (κ1) is 15.5. The van der Waals surface area contributed by atoms with Gasteiger partial charge in [0.2, 0.25) is 0 Å². The van der Waals surface area contributed by atoms with E-state index in [0.717, 1.165) is 14.3 Å². The molecule has 1 aromatic rings. The highest BCUT2D eigenvalue weighted by Gasteiger charge is 2.45. The van der Waals surface area contributed by atoms with Gasteiger partial charge in [-0.05, 0) is 38.1 Å². The van der Waals surface area contributed by atoms with Gasteiger partial charge in [-0.2, -0.15) is 0 Å². The highest BCUT2D eigenvalue weighted by molar-refractivity contribution is 9.10. The van der Waals surface area contributed by atoms with E-state index in [9.17, 15) is 14.4 Å². The number of amides is 4. The fraction of sp³-hybridized carbons (Fsp3) is 0.357. The molecule has 1 aliphatic rings. The zero-order valence-corrected chi connectivity index (χ0v) is 13.3. The third kappa shape index (κ3) is 3.24. The molecule has 1 saturated heterocycles. The Morgan fingerprint density at radius 2 is 1.71 bits per heavy atom. The minimum absolute atomic E-state index is 0.0443. The fourth-order valence-corrected chi connectivity index (χ4v) is 2.22. The Kier molecular flexibility index (Phi) is 4.62. The lowest BCUT2D eigenvalue weighted by Gasteiger charge is -2.18. The standard InChI is InChI=1S/C14H15BrN2O4/c1-9(2)17-13(19)12(18)16(14(17)20)7-8-21-11-5-3-10(15)4-6-11/h3-6,9H,7-8H2,1-2H3. The second-order valence-corrected chi connectivity index (χ2v) is 5.73. The van der Waals surface area contributed by atoms with Crippen molar-refractivity contribution in [1.29, 1.82) is 0 Å². The second-order valence-electron chi connectivity index (χ2n) is 4.81. The molecule has 0 unspecified atom stereocenters. The quantitative estimate of drug-likeness (QED) is 0.599. The Morgan fingerprint density at radius 1 is 1.10 bits per heavy atom. The fourth-order valence-electron chi connectivity index (χ4n) is 1.96. The van der Waals surface area contributed by atoms with Crippen molar-refractivity contribution in [3.63, 3.8) is 0 Å². The number of urea groups is 1. The number of rotatable bonds is 5. The van der Waals surface area contributed by atoms with Gasteiger partial charge in [0, 0.05) is 10.5 Å². The molecule has 112 valence electrons. The maximum absolute atomic E-state index is 12.0. The summed E-state index contributed by atoms with van der Waals surface area (Å²) in [5, 5.41) is 0. The second kappa shape index (κ2) is 6.26. The molecule has 4 amide bonds. The van der Waals surface area contributed by atoms with E-state index >= 15 is 0 Å². The molecule has 1 fully saturated rings.